The number of nitrogens with zero attached hydrogens (tertiary/aromatic N) is 6. The second-order valence-corrected chi connectivity index (χ2v) is 11.5. The first kappa shape index (κ1) is 25.6. The van der Waals surface area contributed by atoms with E-state index in [1.807, 2.05) is 24.3 Å². The average molecular weight is 541 g/mol. The molecule has 4 aromatic rings. The number of nitrogens with one attached hydrogen (secondary N) is 2. The van der Waals surface area contributed by atoms with Crippen molar-refractivity contribution in [2.75, 3.05) is 23.7 Å². The van der Waals surface area contributed by atoms with Crippen molar-refractivity contribution in [3.8, 4) is 17.2 Å². The van der Waals surface area contributed by atoms with Crippen LogP contribution >= 0.6 is 11.3 Å². The van der Waals surface area contributed by atoms with E-state index in [1.54, 1.807) is 23.7 Å². The molecule has 3 N–H and O–H groups in total. The number of pyridine rings is 1. The van der Waals surface area contributed by atoms with E-state index in [0.717, 1.165) is 83.3 Å². The minimum absolute atomic E-state index is 0.197. The molecule has 0 bridgehead atoms. The third kappa shape index (κ3) is 6.33. The molecule has 0 unspecified atom stereocenters. The minimum atomic E-state index is -0.197. The third-order valence-electron chi connectivity index (χ3n) is 7.47. The molecule has 10 heteroatoms. The van der Waals surface area contributed by atoms with Crippen LogP contribution in [0.1, 0.15) is 56.2 Å². The topological polar surface area (TPSA) is 123 Å². The number of nitriles is 1. The zero-order valence-electron chi connectivity index (χ0n) is 21.8. The fourth-order valence-electron chi connectivity index (χ4n) is 5.38. The SMILES string of the molecule is N#Cc1cncc(-c2ccc3nc(Nc4cc(CN5CCCCC5)nc(NC5CCC(O)CC5)n4)sc3c2)c1. The molecule has 1 aromatic carbocycles. The smallest absolute Gasteiger partial charge is 0.225 e. The van der Waals surface area contributed by atoms with Crippen molar-refractivity contribution in [3.63, 3.8) is 0 Å². The Morgan fingerprint density at radius 1 is 0.974 bits per heavy atom. The molecule has 1 aliphatic heterocycles. The Bertz CT molecular complexity index is 1480. The number of piperidine rings is 1. The fraction of sp³-hybridized carbons (Fsp3) is 0.414. The largest absolute Gasteiger partial charge is 0.393 e. The molecule has 4 heterocycles. The summed E-state index contributed by atoms with van der Waals surface area (Å²) in [7, 11) is 0. The van der Waals surface area contributed by atoms with Gasteiger partial charge in [0.15, 0.2) is 5.13 Å². The highest BCUT2D eigenvalue weighted by Crippen LogP contribution is 2.32. The third-order valence-corrected chi connectivity index (χ3v) is 8.40. The number of aliphatic hydroxyl groups is 1. The van der Waals surface area contributed by atoms with Gasteiger partial charge >= 0.3 is 0 Å². The van der Waals surface area contributed by atoms with Gasteiger partial charge in [-0.3, -0.25) is 9.88 Å². The molecule has 1 aliphatic carbocycles. The van der Waals surface area contributed by atoms with Crippen LogP contribution in [0.25, 0.3) is 21.3 Å². The Labute approximate surface area is 232 Å². The van der Waals surface area contributed by atoms with Crippen LogP contribution in [0.5, 0.6) is 0 Å². The Balaban J connectivity index is 1.25. The number of likely N-dealkylation sites (tertiary alicyclic amines) is 1. The number of rotatable bonds is 7. The minimum Gasteiger partial charge on any atom is -0.393 e. The van der Waals surface area contributed by atoms with E-state index in [0.29, 0.717) is 11.5 Å². The van der Waals surface area contributed by atoms with Crippen LogP contribution in [0.4, 0.5) is 16.9 Å². The predicted octanol–water partition coefficient (Wildman–Crippen LogP) is 5.46. The summed E-state index contributed by atoms with van der Waals surface area (Å²) in [6, 6.07) is 12.4. The molecule has 1 saturated heterocycles. The summed E-state index contributed by atoms with van der Waals surface area (Å²) in [5, 5.41) is 26.8. The molecule has 0 spiro atoms. The van der Waals surface area contributed by atoms with Crippen LogP contribution < -0.4 is 10.6 Å². The molecule has 3 aromatic heterocycles. The number of benzene rings is 1. The maximum absolute atomic E-state index is 9.90. The molecular weight excluding hydrogens is 508 g/mol. The van der Waals surface area contributed by atoms with E-state index in [-0.39, 0.29) is 12.1 Å². The van der Waals surface area contributed by atoms with Gasteiger partial charge in [-0.05, 0) is 75.4 Å². The number of aliphatic hydroxyl groups excluding tert-OH is 1. The van der Waals surface area contributed by atoms with E-state index < -0.39 is 0 Å². The second-order valence-electron chi connectivity index (χ2n) is 10.5. The zero-order chi connectivity index (χ0) is 26.6. The molecule has 0 atom stereocenters. The Hall–Kier alpha value is -3.65. The summed E-state index contributed by atoms with van der Waals surface area (Å²) in [6.07, 6.45) is 10.3. The van der Waals surface area contributed by atoms with Gasteiger partial charge in [-0.15, -0.1) is 0 Å². The molecule has 9 nitrogen and oxygen atoms in total. The van der Waals surface area contributed by atoms with E-state index in [9.17, 15) is 10.4 Å². The van der Waals surface area contributed by atoms with Crippen molar-refractivity contribution in [2.45, 2.75) is 63.6 Å². The number of hydrogen-bond acceptors (Lipinski definition) is 10. The van der Waals surface area contributed by atoms with Gasteiger partial charge in [-0.2, -0.15) is 10.2 Å². The van der Waals surface area contributed by atoms with Crippen LogP contribution in [-0.4, -0.2) is 55.2 Å². The summed E-state index contributed by atoms with van der Waals surface area (Å²) in [6.45, 7) is 3.00. The van der Waals surface area contributed by atoms with Gasteiger partial charge in [0.1, 0.15) is 11.9 Å². The molecular formula is C29H32N8OS. The second kappa shape index (κ2) is 11.6. The van der Waals surface area contributed by atoms with Gasteiger partial charge in [0.05, 0.1) is 27.6 Å². The van der Waals surface area contributed by atoms with E-state index in [1.165, 1.54) is 19.3 Å². The molecule has 2 fully saturated rings. The lowest BCUT2D eigenvalue weighted by molar-refractivity contribution is 0.126. The highest BCUT2D eigenvalue weighted by atomic mass is 32.1. The first-order chi connectivity index (χ1) is 19.1. The number of hydrogen-bond donors (Lipinski definition) is 3. The number of fused-ring (bicyclic) bond motifs is 1. The first-order valence-electron chi connectivity index (χ1n) is 13.7. The standard InChI is InChI=1S/C29H32N8OS/c30-15-19-12-21(17-31-16-19)20-4-9-25-26(13-20)39-29(34-25)36-27-14-23(18-37-10-2-1-3-11-37)33-28(35-27)32-22-5-7-24(38)8-6-22/h4,9,12-14,16-17,22,24,38H,1-3,5-8,10-11,18H2,(H2,32,33,34,35,36). The van der Waals surface area contributed by atoms with E-state index in [4.69, 9.17) is 15.0 Å². The van der Waals surface area contributed by atoms with E-state index >= 15 is 0 Å². The molecule has 1 saturated carbocycles. The maximum Gasteiger partial charge on any atom is 0.225 e. The van der Waals surface area contributed by atoms with Crippen molar-refractivity contribution >= 4 is 38.5 Å². The fourth-order valence-corrected chi connectivity index (χ4v) is 6.29. The Morgan fingerprint density at radius 3 is 2.64 bits per heavy atom. The van der Waals surface area contributed by atoms with Gasteiger partial charge in [0.25, 0.3) is 0 Å². The molecule has 39 heavy (non-hydrogen) atoms. The summed E-state index contributed by atoms with van der Waals surface area (Å²) >= 11 is 1.57. The predicted molar refractivity (Wildman–Crippen MR) is 154 cm³/mol. The Kier molecular flexibility index (Phi) is 7.63. The van der Waals surface area contributed by atoms with Crippen LogP contribution in [-0.2, 0) is 6.54 Å². The summed E-state index contributed by atoms with van der Waals surface area (Å²) in [4.78, 5) is 21.1. The summed E-state index contributed by atoms with van der Waals surface area (Å²) in [5.74, 6) is 1.35. The van der Waals surface area contributed by atoms with Gasteiger partial charge in [0, 0.05) is 36.6 Å². The van der Waals surface area contributed by atoms with Gasteiger partial charge in [0.2, 0.25) is 5.95 Å². The molecule has 2 aliphatic rings. The number of anilines is 3. The first-order valence-corrected chi connectivity index (χ1v) is 14.5. The van der Waals surface area contributed by atoms with Crippen LogP contribution in [0.2, 0.25) is 0 Å². The summed E-state index contributed by atoms with van der Waals surface area (Å²) < 4.78 is 1.04. The number of aromatic nitrogens is 4. The van der Waals surface area contributed by atoms with Gasteiger partial charge in [-0.1, -0.05) is 23.8 Å². The van der Waals surface area contributed by atoms with Crippen molar-refractivity contribution in [3.05, 3.63) is 54.0 Å². The van der Waals surface area contributed by atoms with Crippen molar-refractivity contribution in [1.82, 2.24) is 24.8 Å². The summed E-state index contributed by atoms with van der Waals surface area (Å²) in [5.41, 5.74) is 4.33. The molecule has 0 amide bonds. The quantitative estimate of drug-likeness (QED) is 0.280. The van der Waals surface area contributed by atoms with Crippen LogP contribution in [0, 0.1) is 11.3 Å². The van der Waals surface area contributed by atoms with Crippen molar-refractivity contribution in [1.29, 1.82) is 5.26 Å². The van der Waals surface area contributed by atoms with Gasteiger partial charge < -0.3 is 15.7 Å². The lowest BCUT2D eigenvalue weighted by atomic mass is 9.93. The molecule has 6 rings (SSSR count). The lowest BCUT2D eigenvalue weighted by Crippen LogP contribution is -2.30. The zero-order valence-corrected chi connectivity index (χ0v) is 22.6. The van der Waals surface area contributed by atoms with Crippen molar-refractivity contribution < 1.29 is 5.11 Å². The van der Waals surface area contributed by atoms with E-state index in [2.05, 4.69) is 32.7 Å². The number of thiazole rings is 1. The van der Waals surface area contributed by atoms with Gasteiger partial charge in [-0.25, -0.2) is 9.97 Å². The van der Waals surface area contributed by atoms with Crippen LogP contribution in [0.15, 0.2) is 42.7 Å². The highest BCUT2D eigenvalue weighted by Gasteiger charge is 2.21. The monoisotopic (exact) mass is 540 g/mol. The molecule has 200 valence electrons. The highest BCUT2D eigenvalue weighted by molar-refractivity contribution is 7.22. The normalized spacial score (nSPS) is 20.0. The maximum atomic E-state index is 9.90. The Morgan fingerprint density at radius 2 is 1.82 bits per heavy atom. The van der Waals surface area contributed by atoms with Crippen LogP contribution in [0.3, 0.4) is 0 Å². The van der Waals surface area contributed by atoms with Crippen molar-refractivity contribution in [2.24, 2.45) is 0 Å². The molecule has 0 radical (unpaired) electrons. The lowest BCUT2D eigenvalue weighted by Gasteiger charge is -2.27. The average Bonchev–Trinajstić information content (AvgIpc) is 3.36.